The Morgan fingerprint density at radius 3 is 2.32 bits per heavy atom. The molecule has 1 atom stereocenters. The Bertz CT molecular complexity index is 534. The maximum Gasteiger partial charge on any atom is 0.229 e. The minimum Gasteiger partial charge on any atom is -0.330 e. The Morgan fingerprint density at radius 2 is 1.84 bits per heavy atom. The third kappa shape index (κ3) is 5.91. The van der Waals surface area contributed by atoms with Crippen molar-refractivity contribution in [3.63, 3.8) is 0 Å². The van der Waals surface area contributed by atoms with E-state index in [-0.39, 0.29) is 30.8 Å². The van der Waals surface area contributed by atoms with Crippen LogP contribution in [0.15, 0.2) is 24.3 Å². The number of nitrogens with one attached hydrogen (secondary N) is 2. The fourth-order valence-corrected chi connectivity index (χ4v) is 1.82. The van der Waals surface area contributed by atoms with Crippen LogP contribution in [0.25, 0.3) is 0 Å². The van der Waals surface area contributed by atoms with Crippen LogP contribution >= 0.6 is 12.4 Å². The smallest absolute Gasteiger partial charge is 0.229 e. The zero-order valence-electron chi connectivity index (χ0n) is 10.7. The van der Waals surface area contributed by atoms with Crippen molar-refractivity contribution >= 4 is 39.7 Å². The van der Waals surface area contributed by atoms with Crippen molar-refractivity contribution in [2.75, 3.05) is 22.8 Å². The molecule has 6 nitrogen and oxygen atoms in total. The second kappa shape index (κ2) is 7.32. The molecule has 0 aromatic heterocycles. The van der Waals surface area contributed by atoms with E-state index >= 15 is 0 Å². The van der Waals surface area contributed by atoms with Gasteiger partial charge in [-0.15, -0.1) is 12.4 Å². The summed E-state index contributed by atoms with van der Waals surface area (Å²) in [7, 11) is -3.39. The van der Waals surface area contributed by atoms with Crippen molar-refractivity contribution < 1.29 is 13.2 Å². The molecule has 108 valence electrons. The molecule has 0 heterocycles. The van der Waals surface area contributed by atoms with Gasteiger partial charge < -0.3 is 11.1 Å². The van der Waals surface area contributed by atoms with Gasteiger partial charge in [-0.2, -0.15) is 0 Å². The van der Waals surface area contributed by atoms with E-state index in [4.69, 9.17) is 5.73 Å². The van der Waals surface area contributed by atoms with E-state index in [9.17, 15) is 13.2 Å². The molecule has 0 saturated heterocycles. The van der Waals surface area contributed by atoms with Gasteiger partial charge in [0.05, 0.1) is 17.6 Å². The summed E-state index contributed by atoms with van der Waals surface area (Å²) in [4.78, 5) is 11.7. The van der Waals surface area contributed by atoms with E-state index in [1.165, 1.54) is 0 Å². The number of carbonyl (C=O) groups is 1. The number of hydrogen-bond donors (Lipinski definition) is 3. The van der Waals surface area contributed by atoms with Crippen molar-refractivity contribution in [1.82, 2.24) is 0 Å². The maximum absolute atomic E-state index is 11.7. The number of halogens is 1. The molecule has 0 aliphatic carbocycles. The van der Waals surface area contributed by atoms with Crippen LogP contribution in [0.4, 0.5) is 11.4 Å². The van der Waals surface area contributed by atoms with Crippen molar-refractivity contribution in [3.05, 3.63) is 24.3 Å². The number of anilines is 2. The first-order valence-electron chi connectivity index (χ1n) is 5.41. The molecule has 1 unspecified atom stereocenters. The van der Waals surface area contributed by atoms with Gasteiger partial charge in [0, 0.05) is 12.5 Å². The van der Waals surface area contributed by atoms with E-state index in [1.807, 2.05) is 0 Å². The molecular formula is C11H18ClN3O3S. The van der Waals surface area contributed by atoms with Gasteiger partial charge >= 0.3 is 0 Å². The molecule has 0 radical (unpaired) electrons. The van der Waals surface area contributed by atoms with Gasteiger partial charge in [0.1, 0.15) is 0 Å². The summed E-state index contributed by atoms with van der Waals surface area (Å²) in [5, 5.41) is 2.64. The average Bonchev–Trinajstić information content (AvgIpc) is 2.28. The fourth-order valence-electron chi connectivity index (χ4n) is 1.24. The molecule has 0 saturated carbocycles. The van der Waals surface area contributed by atoms with Gasteiger partial charge in [-0.25, -0.2) is 8.42 Å². The standard InChI is InChI=1S/C11H17N3O3S.ClH/c1-8(7-12)11(15)13-9-5-3-4-6-10(9)14-18(2,16)17;/h3-6,8,14H,7,12H2,1-2H3,(H,13,15);1H. The van der Waals surface area contributed by atoms with Crippen molar-refractivity contribution in [2.24, 2.45) is 11.7 Å². The zero-order valence-corrected chi connectivity index (χ0v) is 12.3. The Kier molecular flexibility index (Phi) is 6.82. The minimum absolute atomic E-state index is 0. The van der Waals surface area contributed by atoms with Crippen LogP contribution in [-0.2, 0) is 14.8 Å². The van der Waals surface area contributed by atoms with Crippen LogP contribution < -0.4 is 15.8 Å². The highest BCUT2D eigenvalue weighted by Gasteiger charge is 2.13. The first kappa shape index (κ1) is 17.7. The molecule has 8 heteroatoms. The Hall–Kier alpha value is -1.31. The topological polar surface area (TPSA) is 101 Å². The number of para-hydroxylation sites is 2. The number of carbonyl (C=O) groups excluding carboxylic acids is 1. The number of benzene rings is 1. The molecule has 0 bridgehead atoms. The lowest BCUT2D eigenvalue weighted by Crippen LogP contribution is -2.27. The van der Waals surface area contributed by atoms with E-state index in [0.717, 1.165) is 6.26 Å². The lowest BCUT2D eigenvalue weighted by molar-refractivity contribution is -0.119. The predicted octanol–water partition coefficient (Wildman–Crippen LogP) is 1.01. The van der Waals surface area contributed by atoms with Crippen LogP contribution in [0, 0.1) is 5.92 Å². The first-order valence-corrected chi connectivity index (χ1v) is 7.30. The van der Waals surface area contributed by atoms with Crippen molar-refractivity contribution in [3.8, 4) is 0 Å². The Balaban J connectivity index is 0.00000324. The van der Waals surface area contributed by atoms with Gasteiger partial charge in [-0.3, -0.25) is 9.52 Å². The molecule has 1 aromatic rings. The predicted molar refractivity (Wildman–Crippen MR) is 79.0 cm³/mol. The van der Waals surface area contributed by atoms with Crippen LogP contribution in [-0.4, -0.2) is 27.1 Å². The average molecular weight is 308 g/mol. The van der Waals surface area contributed by atoms with Gasteiger partial charge in [0.25, 0.3) is 0 Å². The Morgan fingerprint density at radius 1 is 1.32 bits per heavy atom. The highest BCUT2D eigenvalue weighted by Crippen LogP contribution is 2.22. The van der Waals surface area contributed by atoms with Gasteiger partial charge in [0.15, 0.2) is 0 Å². The molecule has 0 spiro atoms. The van der Waals surface area contributed by atoms with E-state index < -0.39 is 10.0 Å². The third-order valence-corrected chi connectivity index (χ3v) is 2.87. The number of rotatable bonds is 5. The molecule has 19 heavy (non-hydrogen) atoms. The second-order valence-electron chi connectivity index (χ2n) is 4.05. The molecule has 4 N–H and O–H groups in total. The summed E-state index contributed by atoms with van der Waals surface area (Å²) < 4.78 is 24.7. The molecule has 0 aliphatic heterocycles. The molecule has 0 aliphatic rings. The van der Waals surface area contributed by atoms with Gasteiger partial charge in [0.2, 0.25) is 15.9 Å². The summed E-state index contributed by atoms with van der Waals surface area (Å²) in [6.45, 7) is 1.93. The van der Waals surface area contributed by atoms with Crippen molar-refractivity contribution in [1.29, 1.82) is 0 Å². The summed E-state index contributed by atoms with van der Waals surface area (Å²) in [6, 6.07) is 6.57. The van der Waals surface area contributed by atoms with Crippen LogP contribution in [0.1, 0.15) is 6.92 Å². The van der Waals surface area contributed by atoms with Gasteiger partial charge in [-0.1, -0.05) is 19.1 Å². The maximum atomic E-state index is 11.7. The molecule has 1 amide bonds. The van der Waals surface area contributed by atoms with Crippen LogP contribution in [0.5, 0.6) is 0 Å². The highest BCUT2D eigenvalue weighted by molar-refractivity contribution is 7.92. The number of amides is 1. The van der Waals surface area contributed by atoms with E-state index in [2.05, 4.69) is 10.0 Å². The van der Waals surface area contributed by atoms with Gasteiger partial charge in [-0.05, 0) is 12.1 Å². The lowest BCUT2D eigenvalue weighted by Gasteiger charge is -2.14. The quantitative estimate of drug-likeness (QED) is 0.755. The van der Waals surface area contributed by atoms with E-state index in [0.29, 0.717) is 11.4 Å². The summed E-state index contributed by atoms with van der Waals surface area (Å²) in [5.74, 6) is -0.587. The largest absolute Gasteiger partial charge is 0.330 e. The minimum atomic E-state index is -3.39. The lowest BCUT2D eigenvalue weighted by atomic mass is 10.1. The third-order valence-electron chi connectivity index (χ3n) is 2.28. The first-order chi connectivity index (χ1) is 8.33. The number of sulfonamides is 1. The number of hydrogen-bond acceptors (Lipinski definition) is 4. The summed E-state index contributed by atoms with van der Waals surface area (Å²) >= 11 is 0. The second-order valence-corrected chi connectivity index (χ2v) is 5.79. The van der Waals surface area contributed by atoms with Crippen LogP contribution in [0.3, 0.4) is 0 Å². The normalized spacial score (nSPS) is 12.2. The zero-order chi connectivity index (χ0) is 13.8. The highest BCUT2D eigenvalue weighted by atomic mass is 35.5. The Labute approximate surface area is 119 Å². The molecule has 1 aromatic carbocycles. The van der Waals surface area contributed by atoms with Crippen molar-refractivity contribution in [2.45, 2.75) is 6.92 Å². The van der Waals surface area contributed by atoms with Crippen LogP contribution in [0.2, 0.25) is 0 Å². The monoisotopic (exact) mass is 307 g/mol. The summed E-state index contributed by atoms with van der Waals surface area (Å²) in [5.41, 5.74) is 6.14. The molecular weight excluding hydrogens is 290 g/mol. The van der Waals surface area contributed by atoms with E-state index in [1.54, 1.807) is 31.2 Å². The number of nitrogens with two attached hydrogens (primary N) is 1. The fraction of sp³-hybridized carbons (Fsp3) is 0.364. The molecule has 0 fully saturated rings. The summed E-state index contributed by atoms with van der Waals surface area (Å²) in [6.07, 6.45) is 1.05. The SMILES string of the molecule is CC(CN)C(=O)Nc1ccccc1NS(C)(=O)=O.Cl. The molecule has 1 rings (SSSR count).